The van der Waals surface area contributed by atoms with Gasteiger partial charge in [0.05, 0.1) is 26.4 Å². The minimum absolute atomic E-state index is 0.481. The molecular weight excluding hydrogens is 378 g/mol. The number of benzene rings is 1. The third-order valence-electron chi connectivity index (χ3n) is 5.70. The van der Waals surface area contributed by atoms with Gasteiger partial charge >= 0.3 is 17.9 Å². The number of hydrogen-bond acceptors (Lipinski definition) is 8. The molecule has 29 heavy (non-hydrogen) atoms. The van der Waals surface area contributed by atoms with E-state index in [2.05, 4.69) is 0 Å². The van der Waals surface area contributed by atoms with Gasteiger partial charge in [0.1, 0.15) is 11.8 Å². The summed E-state index contributed by atoms with van der Waals surface area (Å²) in [7, 11) is 2.21. The lowest BCUT2D eigenvalue weighted by molar-refractivity contribution is -0.171. The summed E-state index contributed by atoms with van der Waals surface area (Å²) in [5.41, 5.74) is -0.982. The van der Waals surface area contributed by atoms with Crippen LogP contribution in [-0.2, 0) is 33.4 Å². The molecule has 152 valence electrons. The predicted octanol–water partition coefficient (Wildman–Crippen LogP) is 1.49. The lowest BCUT2D eigenvalue weighted by atomic mass is 9.56. The van der Waals surface area contributed by atoms with Crippen LogP contribution in [0.25, 0.3) is 0 Å². The van der Waals surface area contributed by atoms with Gasteiger partial charge in [-0.3, -0.25) is 19.2 Å². The summed E-state index contributed by atoms with van der Waals surface area (Å²) in [5, 5.41) is 10.2. The Kier molecular flexibility index (Phi) is 5.18. The number of ether oxygens (including phenoxy) is 3. The van der Waals surface area contributed by atoms with Gasteiger partial charge in [-0.25, -0.2) is 0 Å². The van der Waals surface area contributed by atoms with Crippen LogP contribution in [0, 0.1) is 28.6 Å². The van der Waals surface area contributed by atoms with Crippen molar-refractivity contribution in [3.8, 4) is 6.07 Å². The molecule has 0 heterocycles. The largest absolute Gasteiger partial charge is 0.468 e. The van der Waals surface area contributed by atoms with Crippen LogP contribution in [0.15, 0.2) is 24.3 Å². The van der Waals surface area contributed by atoms with Crippen molar-refractivity contribution in [3.63, 3.8) is 0 Å². The zero-order chi connectivity index (χ0) is 21.5. The molecule has 2 aliphatic carbocycles. The van der Waals surface area contributed by atoms with E-state index in [-0.39, 0.29) is 0 Å². The maximum Gasteiger partial charge on any atom is 0.328 e. The number of methoxy groups -OCH3 is 2. The van der Waals surface area contributed by atoms with Crippen LogP contribution < -0.4 is 0 Å². The highest BCUT2D eigenvalue weighted by atomic mass is 16.5. The number of carbonyl (C=O) groups excluding carboxylic acids is 4. The first-order valence-corrected chi connectivity index (χ1v) is 9.16. The van der Waals surface area contributed by atoms with E-state index in [0.717, 1.165) is 14.2 Å². The number of ketones is 1. The monoisotopic (exact) mass is 399 g/mol. The molecule has 4 atom stereocenters. The van der Waals surface area contributed by atoms with E-state index in [4.69, 9.17) is 14.2 Å². The maximum atomic E-state index is 13.3. The lowest BCUT2D eigenvalue weighted by Crippen LogP contribution is -2.56. The fraction of sp³-hybridized carbons (Fsp3) is 0.476. The molecule has 1 aromatic rings. The van der Waals surface area contributed by atoms with Gasteiger partial charge < -0.3 is 14.2 Å². The summed E-state index contributed by atoms with van der Waals surface area (Å²) in [4.78, 5) is 51.7. The molecule has 2 bridgehead atoms. The highest BCUT2D eigenvalue weighted by Crippen LogP contribution is 2.65. The molecule has 1 fully saturated rings. The standard InChI is InChI=1S/C21H21NO7/c1-10(2)29-20(26)21(9-22)15-11-7-5-6-8-12(11)16(21)14(19(25)28-4)17(23)13(15)18(24)27-3/h5-8,10,13-16H,1-4H3. The van der Waals surface area contributed by atoms with E-state index in [1.54, 1.807) is 38.1 Å². The van der Waals surface area contributed by atoms with Gasteiger partial charge in [-0.05, 0) is 25.0 Å². The van der Waals surface area contributed by atoms with E-state index >= 15 is 0 Å². The SMILES string of the molecule is COC(=O)C1C(=O)C(C(=O)OC)C2c3ccccc3C1C2(C#N)C(=O)OC(C)C. The Morgan fingerprint density at radius 3 is 1.79 bits per heavy atom. The summed E-state index contributed by atoms with van der Waals surface area (Å²) < 4.78 is 15.0. The Bertz CT molecular complexity index is 876. The summed E-state index contributed by atoms with van der Waals surface area (Å²) in [5.74, 6) is -8.70. The second-order valence-electron chi connectivity index (χ2n) is 7.42. The van der Waals surface area contributed by atoms with E-state index in [9.17, 15) is 24.4 Å². The number of rotatable bonds is 4. The Labute approximate surface area is 167 Å². The van der Waals surface area contributed by atoms with E-state index in [1.807, 2.05) is 6.07 Å². The van der Waals surface area contributed by atoms with Crippen molar-refractivity contribution in [1.82, 2.24) is 0 Å². The number of hydrogen-bond donors (Lipinski definition) is 0. The number of carbonyl (C=O) groups is 4. The molecule has 0 N–H and O–H groups in total. The fourth-order valence-corrected chi connectivity index (χ4v) is 4.68. The molecule has 8 nitrogen and oxygen atoms in total. The maximum absolute atomic E-state index is 13.3. The Balaban J connectivity index is 2.37. The molecule has 0 amide bonds. The average Bonchev–Trinajstić information content (AvgIpc) is 2.92. The molecular formula is C21H21NO7. The first-order chi connectivity index (χ1) is 13.8. The second-order valence-corrected chi connectivity index (χ2v) is 7.42. The molecule has 8 heteroatoms. The Hall–Kier alpha value is -3.21. The molecule has 2 aliphatic rings. The lowest BCUT2D eigenvalue weighted by Gasteiger charge is -2.42. The van der Waals surface area contributed by atoms with Gasteiger partial charge in [0.15, 0.2) is 11.2 Å². The van der Waals surface area contributed by atoms with Crippen LogP contribution in [0.2, 0.25) is 0 Å². The van der Waals surface area contributed by atoms with Crippen LogP contribution in [0.1, 0.15) is 36.8 Å². The molecule has 0 aromatic heterocycles. The number of nitriles is 1. The van der Waals surface area contributed by atoms with E-state index in [1.165, 1.54) is 0 Å². The first kappa shape index (κ1) is 20.5. The number of nitrogens with zero attached hydrogens (tertiary/aromatic N) is 1. The van der Waals surface area contributed by atoms with Gasteiger partial charge in [0, 0.05) is 11.8 Å². The molecule has 0 aliphatic heterocycles. The predicted molar refractivity (Wildman–Crippen MR) is 97.2 cm³/mol. The number of fused-ring (bicyclic) bond motifs is 5. The summed E-state index contributed by atoms with van der Waals surface area (Å²) in [6.07, 6.45) is -0.541. The van der Waals surface area contributed by atoms with Crippen LogP contribution in [0.3, 0.4) is 0 Å². The molecule has 1 saturated carbocycles. The smallest absolute Gasteiger partial charge is 0.328 e. The van der Waals surface area contributed by atoms with Gasteiger partial charge in [0.2, 0.25) is 0 Å². The van der Waals surface area contributed by atoms with Crippen molar-refractivity contribution in [1.29, 1.82) is 5.26 Å². The summed E-state index contributed by atoms with van der Waals surface area (Å²) in [6.45, 7) is 3.25. The van der Waals surface area contributed by atoms with Gasteiger partial charge in [-0.2, -0.15) is 5.26 Å². The first-order valence-electron chi connectivity index (χ1n) is 9.16. The molecule has 4 unspecified atom stereocenters. The average molecular weight is 399 g/mol. The molecule has 0 saturated heterocycles. The highest BCUT2D eigenvalue weighted by Gasteiger charge is 2.72. The zero-order valence-electron chi connectivity index (χ0n) is 16.5. The molecule has 0 spiro atoms. The third kappa shape index (κ3) is 2.72. The van der Waals surface area contributed by atoms with E-state index in [0.29, 0.717) is 11.1 Å². The highest BCUT2D eigenvalue weighted by molar-refractivity contribution is 6.13. The van der Waals surface area contributed by atoms with E-state index < -0.39 is 58.9 Å². The van der Waals surface area contributed by atoms with Crippen molar-refractivity contribution < 1.29 is 33.4 Å². The van der Waals surface area contributed by atoms with Crippen molar-refractivity contribution in [2.45, 2.75) is 31.8 Å². The van der Waals surface area contributed by atoms with Crippen molar-refractivity contribution in [2.24, 2.45) is 17.3 Å². The minimum atomic E-state index is -1.94. The minimum Gasteiger partial charge on any atom is -0.468 e. The van der Waals surface area contributed by atoms with Gasteiger partial charge in [-0.1, -0.05) is 24.3 Å². The normalized spacial score (nSPS) is 29.6. The van der Waals surface area contributed by atoms with Crippen molar-refractivity contribution in [2.75, 3.05) is 14.2 Å². The van der Waals surface area contributed by atoms with Gasteiger partial charge in [0.25, 0.3) is 0 Å². The molecule has 1 aromatic carbocycles. The van der Waals surface area contributed by atoms with Crippen LogP contribution in [0.5, 0.6) is 0 Å². The molecule has 3 rings (SSSR count). The Morgan fingerprint density at radius 1 is 1.00 bits per heavy atom. The fourth-order valence-electron chi connectivity index (χ4n) is 4.68. The zero-order valence-corrected chi connectivity index (χ0v) is 16.5. The topological polar surface area (TPSA) is 120 Å². The quantitative estimate of drug-likeness (QED) is 0.424. The molecule has 0 radical (unpaired) electrons. The second kappa shape index (κ2) is 7.32. The number of Topliss-reactive ketones (excluding diaryl/α,β-unsaturated/α-hetero) is 1. The van der Waals surface area contributed by atoms with Crippen molar-refractivity contribution >= 4 is 23.7 Å². The summed E-state index contributed by atoms with van der Waals surface area (Å²) >= 11 is 0. The van der Waals surface area contributed by atoms with Gasteiger partial charge in [-0.15, -0.1) is 0 Å². The third-order valence-corrected chi connectivity index (χ3v) is 5.70. The van der Waals surface area contributed by atoms with Crippen molar-refractivity contribution in [3.05, 3.63) is 35.4 Å². The summed E-state index contributed by atoms with van der Waals surface area (Å²) in [6, 6.07) is 8.69. The van der Waals surface area contributed by atoms with Crippen LogP contribution in [-0.4, -0.2) is 44.0 Å². The Morgan fingerprint density at radius 2 is 1.45 bits per heavy atom. The number of esters is 3. The van der Waals surface area contributed by atoms with Crippen LogP contribution in [0.4, 0.5) is 0 Å². The van der Waals surface area contributed by atoms with Crippen LogP contribution >= 0.6 is 0 Å².